The Labute approximate surface area is 172 Å². The molecule has 0 saturated heterocycles. The first-order valence-corrected chi connectivity index (χ1v) is 9.84. The number of hydrogen-bond acceptors (Lipinski definition) is 8. The molecule has 8 nitrogen and oxygen atoms in total. The van der Waals surface area contributed by atoms with Gasteiger partial charge in [-0.1, -0.05) is 11.8 Å². The van der Waals surface area contributed by atoms with Crippen molar-refractivity contribution in [1.82, 2.24) is 9.97 Å². The molecule has 0 aliphatic carbocycles. The van der Waals surface area contributed by atoms with Crippen molar-refractivity contribution >= 4 is 35.0 Å². The predicted molar refractivity (Wildman–Crippen MR) is 114 cm³/mol. The van der Waals surface area contributed by atoms with E-state index in [1.165, 1.54) is 6.07 Å². The molecule has 29 heavy (non-hydrogen) atoms. The number of nitrogen functional groups attached to an aromatic ring is 2. The minimum absolute atomic E-state index is 0.132. The number of rotatable bonds is 8. The number of benzene rings is 2. The van der Waals surface area contributed by atoms with E-state index < -0.39 is 0 Å². The minimum atomic E-state index is -0.195. The molecule has 3 aromatic rings. The molecule has 0 unspecified atom stereocenters. The molecule has 150 valence electrons. The first-order valence-electron chi connectivity index (χ1n) is 8.85. The summed E-state index contributed by atoms with van der Waals surface area (Å²) in [5.74, 6) is 2.62. The van der Waals surface area contributed by atoms with Crippen molar-refractivity contribution in [3.05, 3.63) is 54.6 Å². The molecule has 0 bridgehead atoms. The van der Waals surface area contributed by atoms with Crippen molar-refractivity contribution in [3.63, 3.8) is 0 Å². The quantitative estimate of drug-likeness (QED) is 0.379. The Kier molecular flexibility index (Phi) is 6.75. The molecule has 0 aliphatic rings. The molecule has 1 amide bonds. The minimum Gasteiger partial charge on any atom is -0.494 e. The fourth-order valence-corrected chi connectivity index (χ4v) is 3.04. The van der Waals surface area contributed by atoms with Crippen LogP contribution in [0.1, 0.15) is 6.92 Å². The lowest BCUT2D eigenvalue weighted by molar-refractivity contribution is -0.113. The van der Waals surface area contributed by atoms with E-state index >= 15 is 0 Å². The van der Waals surface area contributed by atoms with Gasteiger partial charge in [-0.05, 0) is 55.5 Å². The molecule has 9 heteroatoms. The van der Waals surface area contributed by atoms with Gasteiger partial charge in [0, 0.05) is 11.8 Å². The van der Waals surface area contributed by atoms with E-state index in [0.29, 0.717) is 28.9 Å². The van der Waals surface area contributed by atoms with Gasteiger partial charge in [0.1, 0.15) is 28.9 Å². The molecule has 0 saturated carbocycles. The summed E-state index contributed by atoms with van der Waals surface area (Å²) >= 11 is 1.16. The number of aromatic nitrogens is 2. The number of carbonyl (C=O) groups is 1. The zero-order valence-corrected chi connectivity index (χ0v) is 16.6. The van der Waals surface area contributed by atoms with Gasteiger partial charge in [-0.25, -0.2) is 9.97 Å². The molecule has 0 atom stereocenters. The van der Waals surface area contributed by atoms with Crippen LogP contribution >= 0.6 is 11.8 Å². The highest BCUT2D eigenvalue weighted by Gasteiger charge is 2.07. The summed E-state index contributed by atoms with van der Waals surface area (Å²) in [6.45, 7) is 2.55. The topological polar surface area (TPSA) is 125 Å². The van der Waals surface area contributed by atoms with Crippen molar-refractivity contribution in [3.8, 4) is 17.2 Å². The third kappa shape index (κ3) is 6.28. The zero-order chi connectivity index (χ0) is 20.6. The summed E-state index contributed by atoms with van der Waals surface area (Å²) in [6.07, 6.45) is 0. The van der Waals surface area contributed by atoms with Crippen LogP contribution in [0.3, 0.4) is 0 Å². The van der Waals surface area contributed by atoms with Crippen LogP contribution in [0.25, 0.3) is 0 Å². The molecule has 3 rings (SSSR count). The van der Waals surface area contributed by atoms with E-state index in [9.17, 15) is 4.79 Å². The molecule has 1 heterocycles. The smallest absolute Gasteiger partial charge is 0.234 e. The fourth-order valence-electron chi connectivity index (χ4n) is 2.37. The first kappa shape index (κ1) is 20.3. The summed E-state index contributed by atoms with van der Waals surface area (Å²) < 4.78 is 11.2. The predicted octanol–water partition coefficient (Wildman–Crippen LogP) is 3.56. The van der Waals surface area contributed by atoms with Gasteiger partial charge in [0.05, 0.1) is 12.4 Å². The Morgan fingerprint density at radius 1 is 0.966 bits per heavy atom. The Morgan fingerprint density at radius 2 is 1.52 bits per heavy atom. The Balaban J connectivity index is 1.51. The van der Waals surface area contributed by atoms with Crippen LogP contribution in [0.5, 0.6) is 17.2 Å². The van der Waals surface area contributed by atoms with Crippen molar-refractivity contribution in [2.24, 2.45) is 0 Å². The standard InChI is InChI=1S/C20H21N5O3S/c1-2-27-14-7-9-16(10-8-14)28-15-5-3-13(4-6-15)23-19(26)12-29-20-24-17(21)11-18(22)25-20/h3-11H,2,12H2,1H3,(H,23,26)(H4,21,22,24,25). The van der Waals surface area contributed by atoms with Crippen LogP contribution in [0, 0.1) is 0 Å². The largest absolute Gasteiger partial charge is 0.494 e. The van der Waals surface area contributed by atoms with Crippen LogP contribution in [-0.2, 0) is 4.79 Å². The van der Waals surface area contributed by atoms with Gasteiger partial charge in [0.2, 0.25) is 5.91 Å². The van der Waals surface area contributed by atoms with Gasteiger partial charge in [0.15, 0.2) is 5.16 Å². The van der Waals surface area contributed by atoms with E-state index in [1.807, 2.05) is 31.2 Å². The highest BCUT2D eigenvalue weighted by Crippen LogP contribution is 2.25. The average Bonchev–Trinajstić information content (AvgIpc) is 2.69. The monoisotopic (exact) mass is 411 g/mol. The molecule has 1 aromatic heterocycles. The maximum atomic E-state index is 12.1. The average molecular weight is 411 g/mol. The first-order chi connectivity index (χ1) is 14.0. The van der Waals surface area contributed by atoms with Gasteiger partial charge < -0.3 is 26.3 Å². The van der Waals surface area contributed by atoms with Crippen molar-refractivity contribution in [2.45, 2.75) is 12.1 Å². The molecule has 0 spiro atoms. The lowest BCUT2D eigenvalue weighted by atomic mass is 10.3. The van der Waals surface area contributed by atoms with Crippen LogP contribution in [0.15, 0.2) is 59.8 Å². The summed E-state index contributed by atoms with van der Waals surface area (Å²) in [7, 11) is 0. The van der Waals surface area contributed by atoms with E-state index in [4.69, 9.17) is 20.9 Å². The lowest BCUT2D eigenvalue weighted by Crippen LogP contribution is -2.14. The number of anilines is 3. The van der Waals surface area contributed by atoms with Gasteiger partial charge >= 0.3 is 0 Å². The van der Waals surface area contributed by atoms with Crippen LogP contribution < -0.4 is 26.3 Å². The highest BCUT2D eigenvalue weighted by molar-refractivity contribution is 7.99. The number of nitrogens with zero attached hydrogens (tertiary/aromatic N) is 2. The third-order valence-corrected chi connectivity index (χ3v) is 4.43. The molecule has 5 N–H and O–H groups in total. The second-order valence-electron chi connectivity index (χ2n) is 5.87. The van der Waals surface area contributed by atoms with Crippen molar-refractivity contribution < 1.29 is 14.3 Å². The normalized spacial score (nSPS) is 10.4. The summed E-state index contributed by atoms with van der Waals surface area (Å²) in [5.41, 5.74) is 11.9. The van der Waals surface area contributed by atoms with Crippen molar-refractivity contribution in [2.75, 3.05) is 29.1 Å². The number of nitrogens with one attached hydrogen (secondary N) is 1. The number of amides is 1. The molecule has 0 fully saturated rings. The maximum Gasteiger partial charge on any atom is 0.234 e. The van der Waals surface area contributed by atoms with E-state index in [2.05, 4.69) is 15.3 Å². The second kappa shape index (κ2) is 9.65. The zero-order valence-electron chi connectivity index (χ0n) is 15.8. The van der Waals surface area contributed by atoms with Gasteiger partial charge in [-0.3, -0.25) is 4.79 Å². The molecular weight excluding hydrogens is 390 g/mol. The number of thioether (sulfide) groups is 1. The number of ether oxygens (including phenoxy) is 2. The number of carbonyl (C=O) groups excluding carboxylic acids is 1. The summed E-state index contributed by atoms with van der Waals surface area (Å²) in [4.78, 5) is 20.2. The van der Waals surface area contributed by atoms with E-state index in [1.54, 1.807) is 24.3 Å². The van der Waals surface area contributed by atoms with Crippen LogP contribution in [0.2, 0.25) is 0 Å². The Bertz CT molecular complexity index is 945. The van der Waals surface area contributed by atoms with Gasteiger partial charge in [-0.2, -0.15) is 0 Å². The van der Waals surface area contributed by atoms with Crippen LogP contribution in [0.4, 0.5) is 17.3 Å². The van der Waals surface area contributed by atoms with Gasteiger partial charge in [-0.15, -0.1) is 0 Å². The summed E-state index contributed by atoms with van der Waals surface area (Å²) in [5, 5.41) is 3.16. The number of nitrogens with two attached hydrogens (primary N) is 2. The molecule has 2 aromatic carbocycles. The summed E-state index contributed by atoms with van der Waals surface area (Å²) in [6, 6.07) is 15.9. The molecule has 0 radical (unpaired) electrons. The van der Waals surface area contributed by atoms with Crippen molar-refractivity contribution in [1.29, 1.82) is 0 Å². The van der Waals surface area contributed by atoms with Crippen LogP contribution in [-0.4, -0.2) is 28.2 Å². The second-order valence-corrected chi connectivity index (χ2v) is 6.81. The van der Waals surface area contributed by atoms with E-state index in [-0.39, 0.29) is 23.3 Å². The maximum absolute atomic E-state index is 12.1. The third-order valence-electron chi connectivity index (χ3n) is 3.59. The Hall–Kier alpha value is -3.46. The highest BCUT2D eigenvalue weighted by atomic mass is 32.2. The fraction of sp³-hybridized carbons (Fsp3) is 0.150. The van der Waals surface area contributed by atoms with Gasteiger partial charge in [0.25, 0.3) is 0 Å². The Morgan fingerprint density at radius 3 is 2.10 bits per heavy atom. The lowest BCUT2D eigenvalue weighted by Gasteiger charge is -2.09. The molecule has 0 aliphatic heterocycles. The number of hydrogen-bond donors (Lipinski definition) is 3. The molecular formula is C20H21N5O3S. The SMILES string of the molecule is CCOc1ccc(Oc2ccc(NC(=O)CSc3nc(N)cc(N)n3)cc2)cc1. The van der Waals surface area contributed by atoms with E-state index in [0.717, 1.165) is 17.5 Å².